The van der Waals surface area contributed by atoms with Gasteiger partial charge in [-0.1, -0.05) is 31.2 Å². The SMILES string of the molecule is CCc1ccc([C@H](C)NC(=O)c2ccc3c(c2)OCO3)cc1. The van der Waals surface area contributed by atoms with E-state index in [1.807, 2.05) is 6.92 Å². The van der Waals surface area contributed by atoms with Crippen molar-refractivity contribution >= 4 is 5.91 Å². The van der Waals surface area contributed by atoms with Crippen molar-refractivity contribution in [2.45, 2.75) is 26.3 Å². The van der Waals surface area contributed by atoms with Crippen LogP contribution in [0.4, 0.5) is 0 Å². The van der Waals surface area contributed by atoms with Crippen LogP contribution in [0.5, 0.6) is 11.5 Å². The highest BCUT2D eigenvalue weighted by molar-refractivity contribution is 5.95. The van der Waals surface area contributed by atoms with Crippen molar-refractivity contribution in [3.05, 3.63) is 59.2 Å². The van der Waals surface area contributed by atoms with E-state index < -0.39 is 0 Å². The van der Waals surface area contributed by atoms with Crippen LogP contribution < -0.4 is 14.8 Å². The molecule has 0 aromatic heterocycles. The van der Waals surface area contributed by atoms with Crippen molar-refractivity contribution in [1.82, 2.24) is 5.32 Å². The molecule has 0 aliphatic carbocycles. The van der Waals surface area contributed by atoms with Crippen molar-refractivity contribution in [2.24, 2.45) is 0 Å². The first-order valence-corrected chi connectivity index (χ1v) is 7.46. The molecule has 114 valence electrons. The van der Waals surface area contributed by atoms with Gasteiger partial charge < -0.3 is 14.8 Å². The predicted molar refractivity (Wildman–Crippen MR) is 84.3 cm³/mol. The fraction of sp³-hybridized carbons (Fsp3) is 0.278. The molecule has 0 unspecified atom stereocenters. The zero-order valence-corrected chi connectivity index (χ0v) is 12.8. The average molecular weight is 297 g/mol. The highest BCUT2D eigenvalue weighted by atomic mass is 16.7. The number of amides is 1. The van der Waals surface area contributed by atoms with Crippen LogP contribution in [-0.2, 0) is 6.42 Å². The van der Waals surface area contributed by atoms with Crippen LogP contribution >= 0.6 is 0 Å². The minimum atomic E-state index is -0.120. The molecule has 2 aromatic carbocycles. The number of nitrogens with one attached hydrogen (secondary N) is 1. The monoisotopic (exact) mass is 297 g/mol. The van der Waals surface area contributed by atoms with Gasteiger partial charge in [0.2, 0.25) is 6.79 Å². The molecule has 1 N–H and O–H groups in total. The minimum absolute atomic E-state index is 0.0520. The Morgan fingerprint density at radius 1 is 1.14 bits per heavy atom. The van der Waals surface area contributed by atoms with Crippen LogP contribution in [0.25, 0.3) is 0 Å². The molecule has 0 spiro atoms. The van der Waals surface area contributed by atoms with Gasteiger partial charge in [0, 0.05) is 5.56 Å². The summed E-state index contributed by atoms with van der Waals surface area (Å²) in [5.41, 5.74) is 2.95. The largest absolute Gasteiger partial charge is 0.454 e. The molecule has 4 heteroatoms. The maximum atomic E-state index is 12.3. The quantitative estimate of drug-likeness (QED) is 0.940. The van der Waals surface area contributed by atoms with Crippen LogP contribution in [-0.4, -0.2) is 12.7 Å². The maximum absolute atomic E-state index is 12.3. The lowest BCUT2D eigenvalue weighted by Crippen LogP contribution is -2.26. The predicted octanol–water partition coefficient (Wildman–Crippen LogP) is 3.47. The second-order valence-electron chi connectivity index (χ2n) is 5.36. The third-order valence-electron chi connectivity index (χ3n) is 3.87. The number of rotatable bonds is 4. The Morgan fingerprint density at radius 2 is 1.86 bits per heavy atom. The Kier molecular flexibility index (Phi) is 4.00. The lowest BCUT2D eigenvalue weighted by molar-refractivity contribution is 0.0939. The molecule has 22 heavy (non-hydrogen) atoms. The van der Waals surface area contributed by atoms with E-state index in [-0.39, 0.29) is 18.7 Å². The van der Waals surface area contributed by atoms with Gasteiger partial charge in [-0.05, 0) is 42.7 Å². The Hall–Kier alpha value is -2.49. The Bertz CT molecular complexity index is 679. The highest BCUT2D eigenvalue weighted by Crippen LogP contribution is 2.32. The van der Waals surface area contributed by atoms with Crippen molar-refractivity contribution in [3.8, 4) is 11.5 Å². The van der Waals surface area contributed by atoms with Gasteiger partial charge in [0.25, 0.3) is 5.91 Å². The maximum Gasteiger partial charge on any atom is 0.251 e. The molecule has 2 aromatic rings. The summed E-state index contributed by atoms with van der Waals surface area (Å²) in [6.07, 6.45) is 1.01. The van der Waals surface area contributed by atoms with Gasteiger partial charge in [-0.15, -0.1) is 0 Å². The molecule has 0 saturated carbocycles. The number of fused-ring (bicyclic) bond motifs is 1. The van der Waals surface area contributed by atoms with Gasteiger partial charge in [-0.25, -0.2) is 0 Å². The van der Waals surface area contributed by atoms with E-state index in [0.29, 0.717) is 17.1 Å². The molecular formula is C18H19NO3. The zero-order chi connectivity index (χ0) is 15.5. The van der Waals surface area contributed by atoms with E-state index in [1.54, 1.807) is 18.2 Å². The first kappa shape index (κ1) is 14.4. The standard InChI is InChI=1S/C18H19NO3/c1-3-13-4-6-14(7-5-13)12(2)19-18(20)15-8-9-16-17(10-15)22-11-21-16/h4-10,12H,3,11H2,1-2H3,(H,19,20)/t12-/m0/s1. The van der Waals surface area contributed by atoms with Crippen molar-refractivity contribution in [3.63, 3.8) is 0 Å². The molecule has 1 aliphatic heterocycles. The molecule has 1 atom stereocenters. The fourth-order valence-corrected chi connectivity index (χ4v) is 2.44. The highest BCUT2D eigenvalue weighted by Gasteiger charge is 2.17. The number of benzene rings is 2. The summed E-state index contributed by atoms with van der Waals surface area (Å²) >= 11 is 0. The molecule has 0 bridgehead atoms. The first-order valence-electron chi connectivity index (χ1n) is 7.46. The van der Waals surface area contributed by atoms with Gasteiger partial charge in [0.05, 0.1) is 6.04 Å². The average Bonchev–Trinajstić information content (AvgIpc) is 3.02. The van der Waals surface area contributed by atoms with Crippen LogP contribution in [0, 0.1) is 0 Å². The Morgan fingerprint density at radius 3 is 2.59 bits per heavy atom. The van der Waals surface area contributed by atoms with E-state index in [2.05, 4.69) is 36.5 Å². The summed E-state index contributed by atoms with van der Waals surface area (Å²) in [4.78, 5) is 12.3. The molecular weight excluding hydrogens is 278 g/mol. The topological polar surface area (TPSA) is 47.6 Å². The summed E-state index contributed by atoms with van der Waals surface area (Å²) in [5, 5.41) is 3.01. The minimum Gasteiger partial charge on any atom is -0.454 e. The second-order valence-corrected chi connectivity index (χ2v) is 5.36. The van der Waals surface area contributed by atoms with Crippen LogP contribution in [0.15, 0.2) is 42.5 Å². The van der Waals surface area contributed by atoms with Gasteiger partial charge in [0.1, 0.15) is 0 Å². The van der Waals surface area contributed by atoms with Gasteiger partial charge in [-0.3, -0.25) is 4.79 Å². The molecule has 1 aliphatic rings. The summed E-state index contributed by atoms with van der Waals surface area (Å²) in [6.45, 7) is 4.31. The summed E-state index contributed by atoms with van der Waals surface area (Å²) < 4.78 is 10.6. The second kappa shape index (κ2) is 6.10. The van der Waals surface area contributed by atoms with E-state index in [0.717, 1.165) is 12.0 Å². The van der Waals surface area contributed by atoms with Crippen LogP contribution in [0.1, 0.15) is 41.4 Å². The van der Waals surface area contributed by atoms with Crippen LogP contribution in [0.2, 0.25) is 0 Å². The summed E-state index contributed by atoms with van der Waals surface area (Å²) in [5.74, 6) is 1.18. The van der Waals surface area contributed by atoms with Crippen molar-refractivity contribution in [2.75, 3.05) is 6.79 Å². The smallest absolute Gasteiger partial charge is 0.251 e. The fourth-order valence-electron chi connectivity index (χ4n) is 2.44. The zero-order valence-electron chi connectivity index (χ0n) is 12.8. The van der Waals surface area contributed by atoms with Gasteiger partial charge in [0.15, 0.2) is 11.5 Å². The van der Waals surface area contributed by atoms with E-state index in [4.69, 9.17) is 9.47 Å². The Balaban J connectivity index is 1.70. The van der Waals surface area contributed by atoms with Gasteiger partial charge in [-0.2, -0.15) is 0 Å². The van der Waals surface area contributed by atoms with Crippen molar-refractivity contribution in [1.29, 1.82) is 0 Å². The molecule has 1 amide bonds. The normalized spacial score (nSPS) is 13.7. The van der Waals surface area contributed by atoms with Gasteiger partial charge >= 0.3 is 0 Å². The third kappa shape index (κ3) is 2.91. The summed E-state index contributed by atoms with van der Waals surface area (Å²) in [7, 11) is 0. The number of hydrogen-bond acceptors (Lipinski definition) is 3. The summed E-state index contributed by atoms with van der Waals surface area (Å²) in [6, 6.07) is 13.5. The molecule has 0 saturated heterocycles. The van der Waals surface area contributed by atoms with E-state index in [1.165, 1.54) is 5.56 Å². The molecule has 4 nitrogen and oxygen atoms in total. The van der Waals surface area contributed by atoms with E-state index in [9.17, 15) is 4.79 Å². The Labute approximate surface area is 130 Å². The first-order chi connectivity index (χ1) is 10.7. The number of carbonyl (C=O) groups is 1. The number of hydrogen-bond donors (Lipinski definition) is 1. The van der Waals surface area contributed by atoms with Crippen molar-refractivity contribution < 1.29 is 14.3 Å². The third-order valence-corrected chi connectivity index (χ3v) is 3.87. The van der Waals surface area contributed by atoms with E-state index >= 15 is 0 Å². The number of ether oxygens (including phenoxy) is 2. The van der Waals surface area contributed by atoms with Crippen LogP contribution in [0.3, 0.4) is 0 Å². The number of carbonyl (C=O) groups excluding carboxylic acids is 1. The molecule has 0 radical (unpaired) electrons. The lowest BCUT2D eigenvalue weighted by Gasteiger charge is -2.15. The number of aryl methyl sites for hydroxylation is 1. The lowest BCUT2D eigenvalue weighted by atomic mass is 10.0. The molecule has 3 rings (SSSR count). The molecule has 0 fully saturated rings. The molecule has 1 heterocycles.